The van der Waals surface area contributed by atoms with Crippen LogP contribution >= 0.6 is 11.6 Å². The Bertz CT molecular complexity index is 349. The summed E-state index contributed by atoms with van der Waals surface area (Å²) in [5, 5.41) is 12.7. The molecule has 0 aliphatic heterocycles. The third-order valence-electron chi connectivity index (χ3n) is 2.14. The zero-order chi connectivity index (χ0) is 12.7. The average molecular weight is 262 g/mol. The van der Waals surface area contributed by atoms with E-state index in [0.717, 1.165) is 13.0 Å². The van der Waals surface area contributed by atoms with Crippen molar-refractivity contribution >= 4 is 11.6 Å². The van der Waals surface area contributed by atoms with E-state index in [9.17, 15) is 9.50 Å². The van der Waals surface area contributed by atoms with Crippen LogP contribution in [-0.4, -0.2) is 30.9 Å². The van der Waals surface area contributed by atoms with Crippen LogP contribution < -0.4 is 10.1 Å². The lowest BCUT2D eigenvalue weighted by molar-refractivity contribution is 0.106. The van der Waals surface area contributed by atoms with Crippen LogP contribution in [0, 0.1) is 5.82 Å². The van der Waals surface area contributed by atoms with Crippen LogP contribution in [0.15, 0.2) is 18.2 Å². The van der Waals surface area contributed by atoms with Crippen molar-refractivity contribution in [2.75, 3.05) is 19.7 Å². The molecule has 96 valence electrons. The van der Waals surface area contributed by atoms with E-state index in [4.69, 9.17) is 16.3 Å². The maximum Gasteiger partial charge on any atom is 0.142 e. The van der Waals surface area contributed by atoms with E-state index < -0.39 is 11.9 Å². The maximum atomic E-state index is 12.9. The monoisotopic (exact) mass is 261 g/mol. The first-order valence-corrected chi connectivity index (χ1v) is 5.98. The quantitative estimate of drug-likeness (QED) is 0.740. The topological polar surface area (TPSA) is 41.5 Å². The van der Waals surface area contributed by atoms with Gasteiger partial charge in [-0.05, 0) is 25.1 Å². The molecule has 5 heteroatoms. The molecule has 0 saturated carbocycles. The first kappa shape index (κ1) is 14.2. The summed E-state index contributed by atoms with van der Waals surface area (Å²) in [6, 6.07) is 4.11. The third-order valence-corrected chi connectivity index (χ3v) is 2.43. The summed E-state index contributed by atoms with van der Waals surface area (Å²) in [6.45, 7) is 3.54. The van der Waals surface area contributed by atoms with Gasteiger partial charge in [-0.15, -0.1) is 0 Å². The first-order valence-electron chi connectivity index (χ1n) is 5.60. The van der Waals surface area contributed by atoms with Gasteiger partial charge in [-0.2, -0.15) is 0 Å². The van der Waals surface area contributed by atoms with Crippen LogP contribution in [0.2, 0.25) is 5.02 Å². The smallest absolute Gasteiger partial charge is 0.142 e. The number of benzene rings is 1. The number of hydrogen-bond acceptors (Lipinski definition) is 3. The van der Waals surface area contributed by atoms with Gasteiger partial charge in [-0.1, -0.05) is 18.5 Å². The second kappa shape index (κ2) is 7.48. The molecule has 0 amide bonds. The van der Waals surface area contributed by atoms with E-state index in [0.29, 0.717) is 12.3 Å². The second-order valence-corrected chi connectivity index (χ2v) is 4.15. The van der Waals surface area contributed by atoms with Gasteiger partial charge in [0.25, 0.3) is 0 Å². The number of nitrogens with one attached hydrogen (secondary N) is 1. The molecule has 0 spiro atoms. The minimum Gasteiger partial charge on any atom is -0.491 e. The number of ether oxygens (including phenoxy) is 1. The van der Waals surface area contributed by atoms with Crippen LogP contribution in [0.4, 0.5) is 4.39 Å². The molecule has 0 fully saturated rings. The van der Waals surface area contributed by atoms with Crippen molar-refractivity contribution in [1.82, 2.24) is 5.32 Å². The molecule has 17 heavy (non-hydrogen) atoms. The third kappa shape index (κ3) is 5.35. The molecule has 0 aliphatic rings. The first-order chi connectivity index (χ1) is 8.13. The van der Waals surface area contributed by atoms with Gasteiger partial charge in [0.1, 0.15) is 24.3 Å². The Morgan fingerprint density at radius 3 is 2.94 bits per heavy atom. The Labute approximate surface area is 106 Å². The Hall–Kier alpha value is -0.840. The van der Waals surface area contributed by atoms with Gasteiger partial charge in [0.15, 0.2) is 0 Å². The highest BCUT2D eigenvalue weighted by molar-refractivity contribution is 6.30. The van der Waals surface area contributed by atoms with Crippen LogP contribution in [0.5, 0.6) is 5.75 Å². The minimum atomic E-state index is -0.592. The van der Waals surface area contributed by atoms with Crippen LogP contribution in [-0.2, 0) is 0 Å². The Morgan fingerprint density at radius 2 is 2.29 bits per heavy atom. The fraction of sp³-hybridized carbons (Fsp3) is 0.500. The van der Waals surface area contributed by atoms with Gasteiger partial charge < -0.3 is 15.2 Å². The highest BCUT2D eigenvalue weighted by Gasteiger charge is 2.06. The van der Waals surface area contributed by atoms with Gasteiger partial charge >= 0.3 is 0 Å². The summed E-state index contributed by atoms with van der Waals surface area (Å²) in [4.78, 5) is 0. The SMILES string of the molecule is CCCNCC(O)COc1ccc(F)c(Cl)c1. The van der Waals surface area contributed by atoms with E-state index in [-0.39, 0.29) is 11.6 Å². The summed E-state index contributed by atoms with van der Waals surface area (Å²) in [5.74, 6) is -0.0323. The Morgan fingerprint density at radius 1 is 1.53 bits per heavy atom. The number of aliphatic hydroxyl groups excluding tert-OH is 1. The molecule has 0 bridgehead atoms. The largest absolute Gasteiger partial charge is 0.491 e. The van der Waals surface area contributed by atoms with Crippen molar-refractivity contribution in [3.05, 3.63) is 29.0 Å². The van der Waals surface area contributed by atoms with E-state index >= 15 is 0 Å². The van der Waals surface area contributed by atoms with E-state index in [2.05, 4.69) is 12.2 Å². The Kier molecular flexibility index (Phi) is 6.26. The van der Waals surface area contributed by atoms with Crippen molar-refractivity contribution in [1.29, 1.82) is 0 Å². The summed E-state index contributed by atoms with van der Waals surface area (Å²) in [7, 11) is 0. The van der Waals surface area contributed by atoms with Crippen LogP contribution in [0.3, 0.4) is 0 Å². The lowest BCUT2D eigenvalue weighted by atomic mass is 10.3. The molecule has 1 aromatic rings. The molecule has 0 saturated heterocycles. The van der Waals surface area contributed by atoms with Crippen LogP contribution in [0.1, 0.15) is 13.3 Å². The van der Waals surface area contributed by atoms with Crippen molar-refractivity contribution in [2.45, 2.75) is 19.4 Å². The molecule has 1 rings (SSSR count). The number of rotatable bonds is 7. The Balaban J connectivity index is 2.31. The molecule has 0 aromatic heterocycles. The molecular weight excluding hydrogens is 245 g/mol. The molecule has 1 atom stereocenters. The summed E-state index contributed by atoms with van der Waals surface area (Å²) < 4.78 is 18.1. The zero-order valence-corrected chi connectivity index (χ0v) is 10.5. The zero-order valence-electron chi connectivity index (χ0n) is 9.75. The predicted molar refractivity (Wildman–Crippen MR) is 66.1 cm³/mol. The lowest BCUT2D eigenvalue weighted by Gasteiger charge is -2.13. The molecule has 0 radical (unpaired) electrons. The highest BCUT2D eigenvalue weighted by Crippen LogP contribution is 2.21. The molecule has 3 nitrogen and oxygen atoms in total. The fourth-order valence-corrected chi connectivity index (χ4v) is 1.43. The number of halogens is 2. The van der Waals surface area contributed by atoms with Crippen molar-refractivity contribution < 1.29 is 14.2 Å². The van der Waals surface area contributed by atoms with E-state index in [1.165, 1.54) is 18.2 Å². The number of hydrogen-bond donors (Lipinski definition) is 2. The summed E-state index contributed by atoms with van der Waals surface area (Å²) in [5.41, 5.74) is 0. The average Bonchev–Trinajstić information content (AvgIpc) is 2.31. The normalized spacial score (nSPS) is 12.5. The molecule has 2 N–H and O–H groups in total. The molecule has 0 aliphatic carbocycles. The minimum absolute atomic E-state index is 0.0149. The van der Waals surface area contributed by atoms with E-state index in [1.54, 1.807) is 0 Å². The van der Waals surface area contributed by atoms with Gasteiger partial charge in [-0.3, -0.25) is 0 Å². The maximum absolute atomic E-state index is 12.9. The number of aliphatic hydroxyl groups is 1. The van der Waals surface area contributed by atoms with Gasteiger partial charge in [0, 0.05) is 12.6 Å². The van der Waals surface area contributed by atoms with Gasteiger partial charge in [-0.25, -0.2) is 4.39 Å². The molecule has 0 heterocycles. The highest BCUT2D eigenvalue weighted by atomic mass is 35.5. The lowest BCUT2D eigenvalue weighted by Crippen LogP contribution is -2.31. The predicted octanol–water partition coefficient (Wildman–Crippen LogP) is 2.22. The standard InChI is InChI=1S/C12H17ClFNO2/c1-2-5-15-7-9(16)8-17-10-3-4-12(14)11(13)6-10/h3-4,6,9,15-16H,2,5,7-8H2,1H3. The van der Waals surface area contributed by atoms with Gasteiger partial charge in [0.05, 0.1) is 5.02 Å². The molecule has 1 aromatic carbocycles. The fourth-order valence-electron chi connectivity index (χ4n) is 1.26. The molecular formula is C12H17ClFNO2. The summed E-state index contributed by atoms with van der Waals surface area (Å²) in [6.07, 6.45) is 0.423. The molecule has 1 unspecified atom stereocenters. The van der Waals surface area contributed by atoms with Crippen molar-refractivity contribution in [2.24, 2.45) is 0 Å². The van der Waals surface area contributed by atoms with Crippen molar-refractivity contribution in [3.8, 4) is 5.75 Å². The van der Waals surface area contributed by atoms with Gasteiger partial charge in [0.2, 0.25) is 0 Å². The van der Waals surface area contributed by atoms with Crippen molar-refractivity contribution in [3.63, 3.8) is 0 Å². The summed E-state index contributed by atoms with van der Waals surface area (Å²) >= 11 is 5.60. The second-order valence-electron chi connectivity index (χ2n) is 3.74. The van der Waals surface area contributed by atoms with Crippen LogP contribution in [0.25, 0.3) is 0 Å². The van der Waals surface area contributed by atoms with E-state index in [1.807, 2.05) is 0 Å².